The first-order chi connectivity index (χ1) is 8.59. The summed E-state index contributed by atoms with van der Waals surface area (Å²) < 4.78 is 0. The van der Waals surface area contributed by atoms with Gasteiger partial charge in [-0.15, -0.1) is 0 Å². The topological polar surface area (TPSA) is 53.1 Å². The minimum atomic E-state index is -0.852. The summed E-state index contributed by atoms with van der Waals surface area (Å²) in [5.74, 6) is -0.202. The average Bonchev–Trinajstić information content (AvgIpc) is 2.91. The van der Waals surface area contributed by atoms with Gasteiger partial charge in [-0.25, -0.2) is 0 Å². The van der Waals surface area contributed by atoms with E-state index in [9.17, 15) is 9.90 Å². The second-order valence-corrected chi connectivity index (χ2v) is 5.41. The van der Waals surface area contributed by atoms with E-state index in [1.54, 1.807) is 13.1 Å². The monoisotopic (exact) mass is 243 g/mol. The lowest BCUT2D eigenvalue weighted by atomic mass is 9.86. The Balaban J connectivity index is 2.02. The highest BCUT2D eigenvalue weighted by molar-refractivity contribution is 6.09. The second kappa shape index (κ2) is 3.95. The third-order valence-electron chi connectivity index (χ3n) is 4.10. The predicted octanol–water partition coefficient (Wildman–Crippen LogP) is 2.90. The number of Topliss-reactive ketones (excluding diaryl/α,β-unsaturated/α-hetero) is 1. The van der Waals surface area contributed by atoms with Crippen LogP contribution in [0.4, 0.5) is 0 Å². The van der Waals surface area contributed by atoms with Crippen molar-refractivity contribution < 1.29 is 9.90 Å². The number of aromatic amines is 1. The molecule has 94 valence electrons. The molecular weight excluding hydrogens is 226 g/mol. The Kier molecular flexibility index (Phi) is 2.52. The molecule has 0 spiro atoms. The number of ketones is 1. The Morgan fingerprint density at radius 2 is 2.22 bits per heavy atom. The third kappa shape index (κ3) is 1.66. The molecule has 3 nitrogen and oxygen atoms in total. The molecule has 3 heteroatoms. The smallest absolute Gasteiger partial charge is 0.170 e. The summed E-state index contributed by atoms with van der Waals surface area (Å²) in [5.41, 5.74) is 0.825. The van der Waals surface area contributed by atoms with E-state index in [2.05, 4.69) is 4.98 Å². The molecule has 1 heterocycles. The number of hydrogen-bond donors (Lipinski definition) is 2. The molecule has 1 saturated carbocycles. The molecule has 2 aromatic rings. The number of rotatable bonds is 2. The maximum Gasteiger partial charge on any atom is 0.170 e. The van der Waals surface area contributed by atoms with Crippen molar-refractivity contribution in [2.24, 2.45) is 5.92 Å². The molecule has 0 amide bonds. The number of para-hydroxylation sites is 1. The van der Waals surface area contributed by atoms with Crippen LogP contribution in [0.15, 0.2) is 30.5 Å². The first-order valence-corrected chi connectivity index (χ1v) is 6.42. The van der Waals surface area contributed by atoms with Crippen molar-refractivity contribution in [2.45, 2.75) is 31.8 Å². The lowest BCUT2D eigenvalue weighted by molar-refractivity contribution is 0.0225. The zero-order chi connectivity index (χ0) is 12.8. The van der Waals surface area contributed by atoms with Gasteiger partial charge in [-0.05, 0) is 32.3 Å². The number of aromatic nitrogens is 1. The SMILES string of the molecule is C[C@]1(O)CCC[C@H]1C(=O)c1c[nH]c2ccccc12. The molecule has 1 aliphatic carbocycles. The number of aliphatic hydroxyl groups is 1. The number of carbonyl (C=O) groups excluding carboxylic acids is 1. The van der Waals surface area contributed by atoms with Crippen molar-refractivity contribution in [3.05, 3.63) is 36.0 Å². The van der Waals surface area contributed by atoms with Crippen molar-refractivity contribution in [1.29, 1.82) is 0 Å². The number of nitrogens with one attached hydrogen (secondary N) is 1. The van der Waals surface area contributed by atoms with Crippen LogP contribution in [-0.4, -0.2) is 21.5 Å². The molecule has 0 bridgehead atoms. The van der Waals surface area contributed by atoms with Gasteiger partial charge in [-0.1, -0.05) is 18.2 Å². The summed E-state index contributed by atoms with van der Waals surface area (Å²) in [5, 5.41) is 11.2. The molecule has 2 N–H and O–H groups in total. The van der Waals surface area contributed by atoms with E-state index in [1.807, 2.05) is 24.3 Å². The minimum absolute atomic E-state index is 0.0648. The standard InChI is InChI=1S/C15H17NO2/c1-15(18)8-4-6-12(15)14(17)11-9-16-13-7-3-2-5-10(11)13/h2-3,5,7,9,12,16,18H,4,6,8H2,1H3/t12-,15-/m0/s1. The van der Waals surface area contributed by atoms with Crippen LogP contribution in [0.3, 0.4) is 0 Å². The molecule has 2 atom stereocenters. The van der Waals surface area contributed by atoms with Crippen LogP contribution in [0.5, 0.6) is 0 Å². The molecule has 3 rings (SSSR count). The fourth-order valence-electron chi connectivity index (χ4n) is 3.03. The Morgan fingerprint density at radius 3 is 2.94 bits per heavy atom. The van der Waals surface area contributed by atoms with Gasteiger partial charge in [0, 0.05) is 22.7 Å². The van der Waals surface area contributed by atoms with E-state index in [0.29, 0.717) is 12.0 Å². The van der Waals surface area contributed by atoms with Crippen molar-refractivity contribution in [1.82, 2.24) is 4.98 Å². The Labute approximate surface area is 106 Å². The van der Waals surface area contributed by atoms with Gasteiger partial charge in [-0.2, -0.15) is 0 Å². The summed E-state index contributed by atoms with van der Waals surface area (Å²) in [6, 6.07) is 7.78. The van der Waals surface area contributed by atoms with Crippen LogP contribution >= 0.6 is 0 Å². The van der Waals surface area contributed by atoms with Gasteiger partial charge in [-0.3, -0.25) is 4.79 Å². The summed E-state index contributed by atoms with van der Waals surface area (Å²) in [4.78, 5) is 15.7. The highest BCUT2D eigenvalue weighted by Gasteiger charge is 2.42. The van der Waals surface area contributed by atoms with Gasteiger partial charge in [0.05, 0.1) is 11.5 Å². The molecule has 0 radical (unpaired) electrons. The van der Waals surface area contributed by atoms with Crippen molar-refractivity contribution in [2.75, 3.05) is 0 Å². The highest BCUT2D eigenvalue weighted by atomic mass is 16.3. The number of benzene rings is 1. The normalized spacial score (nSPS) is 27.8. The first-order valence-electron chi connectivity index (χ1n) is 6.42. The van der Waals surface area contributed by atoms with Crippen LogP contribution in [-0.2, 0) is 0 Å². The summed E-state index contributed by atoms with van der Waals surface area (Å²) >= 11 is 0. The van der Waals surface area contributed by atoms with E-state index in [0.717, 1.165) is 23.7 Å². The molecule has 0 saturated heterocycles. The molecule has 1 aromatic carbocycles. The largest absolute Gasteiger partial charge is 0.389 e. The molecule has 1 aromatic heterocycles. The zero-order valence-corrected chi connectivity index (χ0v) is 10.4. The molecule has 0 aliphatic heterocycles. The molecular formula is C15H17NO2. The Hall–Kier alpha value is -1.61. The van der Waals surface area contributed by atoms with Gasteiger partial charge in [0.1, 0.15) is 0 Å². The number of hydrogen-bond acceptors (Lipinski definition) is 2. The van der Waals surface area contributed by atoms with Gasteiger partial charge < -0.3 is 10.1 Å². The second-order valence-electron chi connectivity index (χ2n) is 5.41. The van der Waals surface area contributed by atoms with Gasteiger partial charge in [0.2, 0.25) is 0 Å². The number of H-pyrrole nitrogens is 1. The van der Waals surface area contributed by atoms with Crippen LogP contribution < -0.4 is 0 Å². The fraction of sp³-hybridized carbons (Fsp3) is 0.400. The maximum atomic E-state index is 12.6. The van der Waals surface area contributed by atoms with E-state index >= 15 is 0 Å². The van der Waals surface area contributed by atoms with Crippen LogP contribution in [0.2, 0.25) is 0 Å². The lowest BCUT2D eigenvalue weighted by Crippen LogP contribution is -2.34. The molecule has 0 unspecified atom stereocenters. The van der Waals surface area contributed by atoms with Crippen LogP contribution in [0.1, 0.15) is 36.5 Å². The summed E-state index contributed by atoms with van der Waals surface area (Å²) in [7, 11) is 0. The van der Waals surface area contributed by atoms with Crippen LogP contribution in [0, 0.1) is 5.92 Å². The van der Waals surface area contributed by atoms with Crippen LogP contribution in [0.25, 0.3) is 10.9 Å². The van der Waals surface area contributed by atoms with Gasteiger partial charge >= 0.3 is 0 Å². The van der Waals surface area contributed by atoms with Gasteiger partial charge in [0.25, 0.3) is 0 Å². The number of fused-ring (bicyclic) bond motifs is 1. The van der Waals surface area contributed by atoms with Crippen molar-refractivity contribution in [3.63, 3.8) is 0 Å². The summed E-state index contributed by atoms with van der Waals surface area (Å²) in [6.45, 7) is 1.78. The Morgan fingerprint density at radius 1 is 1.44 bits per heavy atom. The minimum Gasteiger partial charge on any atom is -0.389 e. The maximum absolute atomic E-state index is 12.6. The lowest BCUT2D eigenvalue weighted by Gasteiger charge is -2.24. The van der Waals surface area contributed by atoms with E-state index in [1.165, 1.54) is 0 Å². The zero-order valence-electron chi connectivity index (χ0n) is 10.4. The van der Waals surface area contributed by atoms with Crippen molar-refractivity contribution in [3.8, 4) is 0 Å². The van der Waals surface area contributed by atoms with E-state index < -0.39 is 5.60 Å². The first kappa shape index (κ1) is 11.5. The quantitative estimate of drug-likeness (QED) is 0.797. The summed E-state index contributed by atoms with van der Waals surface area (Å²) in [6.07, 6.45) is 4.18. The molecule has 1 fully saturated rings. The third-order valence-corrected chi connectivity index (χ3v) is 4.10. The highest BCUT2D eigenvalue weighted by Crippen LogP contribution is 2.38. The molecule has 18 heavy (non-hydrogen) atoms. The Bertz CT molecular complexity index is 597. The average molecular weight is 243 g/mol. The number of carbonyl (C=O) groups is 1. The fourth-order valence-corrected chi connectivity index (χ4v) is 3.03. The van der Waals surface area contributed by atoms with E-state index in [4.69, 9.17) is 0 Å². The van der Waals surface area contributed by atoms with Crippen molar-refractivity contribution >= 4 is 16.7 Å². The van der Waals surface area contributed by atoms with E-state index in [-0.39, 0.29) is 11.7 Å². The predicted molar refractivity (Wildman–Crippen MR) is 70.6 cm³/mol. The van der Waals surface area contributed by atoms with Gasteiger partial charge in [0.15, 0.2) is 5.78 Å². The molecule has 1 aliphatic rings.